The quantitative estimate of drug-likeness (QED) is 0.0791. The SMILES string of the molecule is CN(COCCC(=O)NC(COCCC(=O)OC(C)(C)C)(COCCC(=O)OC(C)(C)C)COCCC(=O)OC(C)(C)C)C(N)=O. The molecule has 0 spiro atoms. The van der Waals surface area contributed by atoms with Crippen molar-refractivity contribution in [1.29, 1.82) is 0 Å². The van der Waals surface area contributed by atoms with Crippen LogP contribution >= 0.6 is 0 Å². The zero-order chi connectivity index (χ0) is 35.6. The third kappa shape index (κ3) is 24.3. The van der Waals surface area contributed by atoms with Crippen molar-refractivity contribution in [3.63, 3.8) is 0 Å². The van der Waals surface area contributed by atoms with Crippen LogP contribution in [0.1, 0.15) is 88.0 Å². The Morgan fingerprint density at radius 3 is 1.20 bits per heavy atom. The lowest BCUT2D eigenvalue weighted by atomic mass is 10.0. The Kier molecular flexibility index (Phi) is 18.9. The van der Waals surface area contributed by atoms with E-state index in [0.29, 0.717) is 0 Å². The number of ether oxygens (including phenoxy) is 7. The fourth-order valence-electron chi connectivity index (χ4n) is 3.47. The highest BCUT2D eigenvalue weighted by molar-refractivity contribution is 5.77. The number of nitrogens with zero attached hydrogens (tertiary/aromatic N) is 1. The summed E-state index contributed by atoms with van der Waals surface area (Å²) in [5.74, 6) is -1.82. The lowest BCUT2D eigenvalue weighted by molar-refractivity contribution is -0.157. The van der Waals surface area contributed by atoms with Crippen molar-refractivity contribution in [2.75, 3.05) is 60.0 Å². The van der Waals surface area contributed by atoms with Gasteiger partial charge in [-0.1, -0.05) is 0 Å². The fourth-order valence-corrected chi connectivity index (χ4v) is 3.47. The van der Waals surface area contributed by atoms with Crippen LogP contribution in [-0.2, 0) is 52.3 Å². The van der Waals surface area contributed by atoms with Crippen molar-refractivity contribution in [3.05, 3.63) is 0 Å². The Balaban J connectivity index is 5.65. The second-order valence-corrected chi connectivity index (χ2v) is 13.8. The molecule has 0 rings (SSSR count). The monoisotopic (exact) mass is 663 g/mol. The molecule has 0 radical (unpaired) electrons. The first kappa shape index (κ1) is 43.0. The second kappa shape index (κ2) is 20.3. The Bertz CT molecular complexity index is 879. The molecule has 3 N–H and O–H groups in total. The van der Waals surface area contributed by atoms with Crippen molar-refractivity contribution in [3.8, 4) is 0 Å². The number of carbonyl (C=O) groups excluding carboxylic acids is 5. The molecule has 0 saturated carbocycles. The molecule has 0 aliphatic heterocycles. The van der Waals surface area contributed by atoms with Gasteiger partial charge in [0.25, 0.3) is 0 Å². The average Bonchev–Trinajstić information content (AvgIpc) is 2.86. The number of nitrogens with one attached hydrogen (secondary N) is 1. The van der Waals surface area contributed by atoms with E-state index < -0.39 is 52.2 Å². The van der Waals surface area contributed by atoms with Gasteiger partial charge >= 0.3 is 23.9 Å². The molecule has 0 heterocycles. The van der Waals surface area contributed by atoms with Crippen LogP contribution in [0.3, 0.4) is 0 Å². The van der Waals surface area contributed by atoms with Gasteiger partial charge < -0.3 is 49.1 Å². The largest absolute Gasteiger partial charge is 0.460 e. The summed E-state index contributed by atoms with van der Waals surface area (Å²) in [6.07, 6.45) is -0.216. The number of nitrogens with two attached hydrogens (primary N) is 1. The maximum absolute atomic E-state index is 13.0. The van der Waals surface area contributed by atoms with Crippen LogP contribution in [-0.4, -0.2) is 117 Å². The molecule has 3 amide bonds. The van der Waals surface area contributed by atoms with E-state index in [4.69, 9.17) is 38.9 Å². The van der Waals surface area contributed by atoms with Gasteiger partial charge in [-0.15, -0.1) is 0 Å². The topological polar surface area (TPSA) is 191 Å². The Morgan fingerprint density at radius 2 is 0.891 bits per heavy atom. The van der Waals surface area contributed by atoms with Crippen molar-refractivity contribution in [1.82, 2.24) is 10.2 Å². The molecule has 0 saturated heterocycles. The van der Waals surface area contributed by atoms with E-state index in [9.17, 15) is 24.0 Å². The van der Waals surface area contributed by atoms with E-state index in [1.165, 1.54) is 7.05 Å². The predicted molar refractivity (Wildman–Crippen MR) is 167 cm³/mol. The summed E-state index contributed by atoms with van der Waals surface area (Å²) in [5.41, 5.74) is 1.91. The van der Waals surface area contributed by atoms with Crippen LogP contribution in [0.2, 0.25) is 0 Å². The molecule has 0 atom stereocenters. The normalized spacial score (nSPS) is 12.3. The predicted octanol–water partition coefficient (Wildman–Crippen LogP) is 2.46. The lowest BCUT2D eigenvalue weighted by Crippen LogP contribution is -2.59. The van der Waals surface area contributed by atoms with Crippen LogP contribution in [0.25, 0.3) is 0 Å². The van der Waals surface area contributed by atoms with E-state index in [1.54, 1.807) is 62.3 Å². The molecule has 0 aliphatic carbocycles. The van der Waals surface area contributed by atoms with Crippen molar-refractivity contribution in [2.24, 2.45) is 5.73 Å². The Morgan fingerprint density at radius 1 is 0.565 bits per heavy atom. The first-order valence-corrected chi connectivity index (χ1v) is 15.3. The number of hydrogen-bond acceptors (Lipinski definition) is 12. The number of hydrogen-bond donors (Lipinski definition) is 2. The van der Waals surface area contributed by atoms with Gasteiger partial charge in [0.15, 0.2) is 0 Å². The molecule has 0 aromatic rings. The van der Waals surface area contributed by atoms with Gasteiger partial charge in [0.2, 0.25) is 5.91 Å². The minimum absolute atomic E-state index is 0.0229. The lowest BCUT2D eigenvalue weighted by Gasteiger charge is -2.34. The molecule has 0 aromatic heterocycles. The maximum Gasteiger partial charge on any atom is 0.316 e. The summed E-state index contributed by atoms with van der Waals surface area (Å²) in [4.78, 5) is 61.9. The zero-order valence-electron chi connectivity index (χ0n) is 29.4. The van der Waals surface area contributed by atoms with E-state index in [0.717, 1.165) is 4.90 Å². The number of amides is 3. The van der Waals surface area contributed by atoms with Gasteiger partial charge in [-0.05, 0) is 62.3 Å². The molecule has 268 valence electrons. The highest BCUT2D eigenvalue weighted by atomic mass is 16.6. The van der Waals surface area contributed by atoms with E-state index in [2.05, 4.69) is 5.32 Å². The third-order valence-corrected chi connectivity index (χ3v) is 5.29. The maximum atomic E-state index is 13.0. The Hall–Kier alpha value is -3.01. The van der Waals surface area contributed by atoms with Crippen molar-refractivity contribution in [2.45, 2.75) is 110 Å². The first-order valence-electron chi connectivity index (χ1n) is 15.3. The number of primary amides is 1. The minimum atomic E-state index is -1.29. The van der Waals surface area contributed by atoms with Gasteiger partial charge in [-0.2, -0.15) is 0 Å². The second-order valence-electron chi connectivity index (χ2n) is 13.8. The third-order valence-electron chi connectivity index (χ3n) is 5.29. The highest BCUT2D eigenvalue weighted by Gasteiger charge is 2.34. The summed E-state index contributed by atoms with van der Waals surface area (Å²) in [6, 6.07) is -0.681. The summed E-state index contributed by atoms with van der Waals surface area (Å²) in [7, 11) is 1.45. The van der Waals surface area contributed by atoms with Crippen LogP contribution in [0.4, 0.5) is 4.79 Å². The van der Waals surface area contributed by atoms with E-state index in [-0.39, 0.29) is 78.7 Å². The van der Waals surface area contributed by atoms with Gasteiger partial charge in [0.05, 0.1) is 71.9 Å². The fraction of sp³-hybridized carbons (Fsp3) is 0.839. The summed E-state index contributed by atoms with van der Waals surface area (Å²) in [6.45, 7) is 15.1. The highest BCUT2D eigenvalue weighted by Crippen LogP contribution is 2.14. The van der Waals surface area contributed by atoms with Gasteiger partial charge in [-0.3, -0.25) is 19.2 Å². The molecule has 0 unspecified atom stereocenters. The number of urea groups is 1. The minimum Gasteiger partial charge on any atom is -0.460 e. The molecule has 15 heteroatoms. The van der Waals surface area contributed by atoms with Crippen molar-refractivity contribution < 1.29 is 57.1 Å². The number of rotatable bonds is 21. The van der Waals surface area contributed by atoms with Crippen LogP contribution in [0.15, 0.2) is 0 Å². The Labute approximate surface area is 273 Å². The smallest absolute Gasteiger partial charge is 0.316 e. The molecule has 0 bridgehead atoms. The summed E-state index contributed by atoms with van der Waals surface area (Å²) in [5, 5.41) is 2.87. The van der Waals surface area contributed by atoms with Gasteiger partial charge in [0, 0.05) is 7.05 Å². The number of esters is 3. The molecule has 46 heavy (non-hydrogen) atoms. The van der Waals surface area contributed by atoms with Crippen LogP contribution in [0, 0.1) is 0 Å². The molecule has 0 aliphatic rings. The van der Waals surface area contributed by atoms with Crippen molar-refractivity contribution >= 4 is 29.8 Å². The van der Waals surface area contributed by atoms with Crippen LogP contribution < -0.4 is 11.1 Å². The van der Waals surface area contributed by atoms with E-state index in [1.807, 2.05) is 0 Å². The molecule has 0 aromatic carbocycles. The first-order chi connectivity index (χ1) is 21.0. The summed E-state index contributed by atoms with van der Waals surface area (Å²) < 4.78 is 38.7. The van der Waals surface area contributed by atoms with E-state index >= 15 is 0 Å². The zero-order valence-corrected chi connectivity index (χ0v) is 29.4. The molecular formula is C31H57N3O12. The molecule has 0 fully saturated rings. The standard InChI is InChI=1S/C31H57N3O12/c1-28(2,3)44-24(36)12-16-40-19-31(20-41-17-13-25(37)45-29(4,5)6,21-42-18-14-26(38)46-30(7,8)9)33-23(35)11-15-43-22-34(10)27(32)39/h11-22H2,1-10H3,(H2,32,39)(H,33,35). The molecule has 15 nitrogen and oxygen atoms in total. The summed E-state index contributed by atoms with van der Waals surface area (Å²) >= 11 is 0. The molecular weight excluding hydrogens is 606 g/mol. The van der Waals surface area contributed by atoms with Crippen LogP contribution in [0.5, 0.6) is 0 Å². The van der Waals surface area contributed by atoms with Gasteiger partial charge in [-0.25, -0.2) is 4.79 Å². The van der Waals surface area contributed by atoms with Gasteiger partial charge in [0.1, 0.15) is 29.1 Å². The number of carbonyl (C=O) groups is 5. The average molecular weight is 664 g/mol.